The van der Waals surface area contributed by atoms with Gasteiger partial charge in [-0.25, -0.2) is 0 Å². The lowest BCUT2D eigenvalue weighted by atomic mass is 9.92. The zero-order valence-electron chi connectivity index (χ0n) is 10.8. The Labute approximate surface area is 117 Å². The van der Waals surface area contributed by atoms with Gasteiger partial charge in [0.1, 0.15) is 0 Å². The number of fused-ring (bicyclic) bond motifs is 1. The second kappa shape index (κ2) is 6.35. The average Bonchev–Trinajstić information content (AvgIpc) is 2.70. The van der Waals surface area contributed by atoms with Crippen molar-refractivity contribution in [3.63, 3.8) is 0 Å². The molecule has 0 fully saturated rings. The van der Waals surface area contributed by atoms with Gasteiger partial charge >= 0.3 is 0 Å². The van der Waals surface area contributed by atoms with Crippen LogP contribution in [0.25, 0.3) is 0 Å². The van der Waals surface area contributed by atoms with Gasteiger partial charge in [0.15, 0.2) is 0 Å². The molecule has 3 heteroatoms. The van der Waals surface area contributed by atoms with Crippen molar-refractivity contribution in [2.24, 2.45) is 0 Å². The molecule has 2 rings (SSSR count). The van der Waals surface area contributed by atoms with Crippen LogP contribution < -0.4 is 5.32 Å². The minimum absolute atomic E-state index is 0.595. The summed E-state index contributed by atoms with van der Waals surface area (Å²) in [5.41, 5.74) is 1.56. The van der Waals surface area contributed by atoms with Gasteiger partial charge in [0.25, 0.3) is 0 Å². The Kier molecular flexibility index (Phi) is 5.07. The number of hydrogen-bond acceptors (Lipinski definition) is 2. The molecule has 1 aliphatic rings. The first-order valence-corrected chi connectivity index (χ1v) is 8.39. The van der Waals surface area contributed by atoms with Crippen LogP contribution in [-0.4, -0.2) is 6.04 Å². The first-order valence-electron chi connectivity index (χ1n) is 6.78. The fraction of sp³-hybridized carbons (Fsp3) is 0.714. The van der Waals surface area contributed by atoms with E-state index in [1.165, 1.54) is 42.3 Å². The highest BCUT2D eigenvalue weighted by atomic mass is 79.9. The monoisotopic (exact) mass is 315 g/mol. The lowest BCUT2D eigenvalue weighted by Gasteiger charge is -2.28. The van der Waals surface area contributed by atoms with E-state index in [4.69, 9.17) is 0 Å². The zero-order chi connectivity index (χ0) is 12.3. The Morgan fingerprint density at radius 2 is 2.35 bits per heavy atom. The standard InChI is InChI=1S/C14H22BrNS/c1-3-6-10(4-2)16-12-7-5-8-13-11(12)9-14(15)17-13/h9-10,12,16H,3-8H2,1-2H3. The van der Waals surface area contributed by atoms with Crippen molar-refractivity contribution in [1.82, 2.24) is 5.32 Å². The van der Waals surface area contributed by atoms with Gasteiger partial charge in [-0.3, -0.25) is 0 Å². The Bertz CT molecular complexity index is 361. The van der Waals surface area contributed by atoms with E-state index < -0.39 is 0 Å². The Hall–Kier alpha value is 0.140. The molecule has 0 bridgehead atoms. The highest BCUT2D eigenvalue weighted by Crippen LogP contribution is 2.38. The fourth-order valence-corrected chi connectivity index (χ4v) is 4.55. The molecule has 1 aromatic rings. The summed E-state index contributed by atoms with van der Waals surface area (Å²) >= 11 is 5.54. The second-order valence-electron chi connectivity index (χ2n) is 4.93. The molecule has 1 nitrogen and oxygen atoms in total. The normalized spacial score (nSPS) is 21.2. The van der Waals surface area contributed by atoms with Crippen molar-refractivity contribution < 1.29 is 0 Å². The Morgan fingerprint density at radius 3 is 3.06 bits per heavy atom. The van der Waals surface area contributed by atoms with Gasteiger partial charge in [-0.05, 0) is 59.7 Å². The molecule has 2 atom stereocenters. The third kappa shape index (κ3) is 3.33. The lowest BCUT2D eigenvalue weighted by Crippen LogP contribution is -2.33. The van der Waals surface area contributed by atoms with Crippen molar-refractivity contribution in [2.75, 3.05) is 0 Å². The highest BCUT2D eigenvalue weighted by molar-refractivity contribution is 9.11. The van der Waals surface area contributed by atoms with Gasteiger partial charge in [-0.2, -0.15) is 0 Å². The molecular weight excluding hydrogens is 294 g/mol. The van der Waals surface area contributed by atoms with Gasteiger partial charge in [0, 0.05) is 17.0 Å². The van der Waals surface area contributed by atoms with Crippen molar-refractivity contribution >= 4 is 27.3 Å². The van der Waals surface area contributed by atoms with E-state index in [9.17, 15) is 0 Å². The minimum atomic E-state index is 0.595. The molecule has 0 radical (unpaired) electrons. The molecule has 1 aromatic heterocycles. The topological polar surface area (TPSA) is 12.0 Å². The molecule has 1 heterocycles. The van der Waals surface area contributed by atoms with E-state index in [0.717, 1.165) is 0 Å². The molecule has 2 unspecified atom stereocenters. The van der Waals surface area contributed by atoms with Crippen LogP contribution in [0.1, 0.15) is 62.4 Å². The van der Waals surface area contributed by atoms with E-state index in [-0.39, 0.29) is 0 Å². The van der Waals surface area contributed by atoms with E-state index in [2.05, 4.69) is 41.2 Å². The zero-order valence-corrected chi connectivity index (χ0v) is 13.2. The van der Waals surface area contributed by atoms with Crippen LogP contribution in [0.4, 0.5) is 0 Å². The van der Waals surface area contributed by atoms with Crippen LogP contribution in [0.15, 0.2) is 9.85 Å². The summed E-state index contributed by atoms with van der Waals surface area (Å²) in [4.78, 5) is 1.59. The quantitative estimate of drug-likeness (QED) is 0.801. The van der Waals surface area contributed by atoms with Crippen LogP contribution in [-0.2, 0) is 6.42 Å². The van der Waals surface area contributed by atoms with E-state index in [1.54, 1.807) is 10.4 Å². The third-order valence-electron chi connectivity index (χ3n) is 3.65. The molecule has 96 valence electrons. The molecular formula is C14H22BrNS. The average molecular weight is 316 g/mol. The third-order valence-corrected chi connectivity index (χ3v) is 5.36. The molecule has 17 heavy (non-hydrogen) atoms. The van der Waals surface area contributed by atoms with Crippen molar-refractivity contribution in [1.29, 1.82) is 0 Å². The highest BCUT2D eigenvalue weighted by Gasteiger charge is 2.23. The van der Waals surface area contributed by atoms with Crippen LogP contribution in [0.2, 0.25) is 0 Å². The first-order chi connectivity index (χ1) is 8.24. The lowest BCUT2D eigenvalue weighted by molar-refractivity contribution is 0.372. The second-order valence-corrected chi connectivity index (χ2v) is 7.45. The number of rotatable bonds is 5. The van der Waals surface area contributed by atoms with Gasteiger partial charge in [-0.1, -0.05) is 20.3 Å². The summed E-state index contributed by atoms with van der Waals surface area (Å²) in [6.07, 6.45) is 7.72. The predicted octanol–water partition coefficient (Wildman–Crippen LogP) is 5.06. The van der Waals surface area contributed by atoms with E-state index in [1.807, 2.05) is 11.3 Å². The summed E-state index contributed by atoms with van der Waals surface area (Å²) in [6, 6.07) is 3.61. The number of aryl methyl sites for hydroxylation is 1. The SMILES string of the molecule is CCCC(CC)NC1CCCc2sc(Br)cc21. The van der Waals surface area contributed by atoms with E-state index in [0.29, 0.717) is 12.1 Å². The summed E-state index contributed by atoms with van der Waals surface area (Å²) in [6.45, 7) is 4.57. The molecule has 0 saturated heterocycles. The van der Waals surface area contributed by atoms with Crippen LogP contribution >= 0.6 is 27.3 Å². The predicted molar refractivity (Wildman–Crippen MR) is 79.8 cm³/mol. The molecule has 0 spiro atoms. The Morgan fingerprint density at radius 1 is 1.53 bits per heavy atom. The summed E-state index contributed by atoms with van der Waals surface area (Å²) in [5, 5.41) is 3.86. The molecule has 0 aromatic carbocycles. The van der Waals surface area contributed by atoms with Crippen molar-refractivity contribution in [3.8, 4) is 0 Å². The summed E-state index contributed by atoms with van der Waals surface area (Å²) in [7, 11) is 0. The van der Waals surface area contributed by atoms with Gasteiger partial charge in [-0.15, -0.1) is 11.3 Å². The molecule has 0 amide bonds. The maximum absolute atomic E-state index is 3.86. The number of nitrogens with one attached hydrogen (secondary N) is 1. The van der Waals surface area contributed by atoms with Crippen molar-refractivity contribution in [2.45, 2.75) is 64.5 Å². The maximum atomic E-state index is 3.86. The summed E-state index contributed by atoms with van der Waals surface area (Å²) in [5.74, 6) is 0. The van der Waals surface area contributed by atoms with Crippen LogP contribution in [0, 0.1) is 0 Å². The van der Waals surface area contributed by atoms with Gasteiger partial charge in [0.05, 0.1) is 3.79 Å². The minimum Gasteiger partial charge on any atom is -0.307 e. The maximum Gasteiger partial charge on any atom is 0.0704 e. The van der Waals surface area contributed by atoms with E-state index >= 15 is 0 Å². The molecule has 1 N–H and O–H groups in total. The Balaban J connectivity index is 2.07. The van der Waals surface area contributed by atoms with Gasteiger partial charge in [0.2, 0.25) is 0 Å². The van der Waals surface area contributed by atoms with Crippen molar-refractivity contribution in [3.05, 3.63) is 20.3 Å². The number of hydrogen-bond donors (Lipinski definition) is 1. The molecule has 1 aliphatic carbocycles. The van der Waals surface area contributed by atoms with Gasteiger partial charge < -0.3 is 5.32 Å². The number of halogens is 1. The van der Waals surface area contributed by atoms with Crippen LogP contribution in [0.3, 0.4) is 0 Å². The summed E-state index contributed by atoms with van der Waals surface area (Å²) < 4.78 is 1.29. The first kappa shape index (κ1) is 13.6. The number of thiophene rings is 1. The molecule has 0 aliphatic heterocycles. The fourth-order valence-electron chi connectivity index (χ4n) is 2.73. The van der Waals surface area contributed by atoms with Crippen LogP contribution in [0.5, 0.6) is 0 Å². The molecule has 0 saturated carbocycles. The smallest absolute Gasteiger partial charge is 0.0704 e. The largest absolute Gasteiger partial charge is 0.307 e.